The standard InChI is InChI=1S/C14H18N2O2/c17-13(16-11-6-7-11)9-18-12-5-1-3-10-4-2-8-15-14(10)12/h1,3,5,11,15H,2,4,6-9H2,(H,16,17). The average molecular weight is 246 g/mol. The molecule has 18 heavy (non-hydrogen) atoms. The maximum atomic E-state index is 11.6. The van der Waals surface area contributed by atoms with Gasteiger partial charge in [0, 0.05) is 12.6 Å². The minimum Gasteiger partial charge on any atom is -0.482 e. The first-order chi connectivity index (χ1) is 8.83. The van der Waals surface area contributed by atoms with E-state index in [-0.39, 0.29) is 12.5 Å². The van der Waals surface area contributed by atoms with Crippen LogP contribution < -0.4 is 15.4 Å². The second-order valence-electron chi connectivity index (χ2n) is 4.95. The number of amides is 1. The summed E-state index contributed by atoms with van der Waals surface area (Å²) >= 11 is 0. The molecule has 1 aliphatic carbocycles. The Hall–Kier alpha value is -1.71. The van der Waals surface area contributed by atoms with E-state index in [0.29, 0.717) is 6.04 Å². The molecule has 4 nitrogen and oxygen atoms in total. The molecule has 0 bridgehead atoms. The Balaban J connectivity index is 1.63. The van der Waals surface area contributed by atoms with E-state index in [9.17, 15) is 4.79 Å². The maximum absolute atomic E-state index is 11.6. The Kier molecular flexibility index (Phi) is 3.09. The van der Waals surface area contributed by atoms with Crippen LogP contribution in [-0.2, 0) is 11.2 Å². The largest absolute Gasteiger partial charge is 0.482 e. The van der Waals surface area contributed by atoms with Crippen molar-refractivity contribution in [2.24, 2.45) is 0 Å². The van der Waals surface area contributed by atoms with Crippen molar-refractivity contribution >= 4 is 11.6 Å². The minimum absolute atomic E-state index is 0.0223. The first-order valence-corrected chi connectivity index (χ1v) is 6.61. The second-order valence-corrected chi connectivity index (χ2v) is 4.95. The lowest BCUT2D eigenvalue weighted by atomic mass is 10.0. The monoisotopic (exact) mass is 246 g/mol. The molecule has 1 aromatic carbocycles. The number of benzene rings is 1. The zero-order valence-electron chi connectivity index (χ0n) is 10.4. The predicted octanol–water partition coefficient (Wildman–Crippen LogP) is 1.70. The summed E-state index contributed by atoms with van der Waals surface area (Å²) in [5.41, 5.74) is 2.34. The summed E-state index contributed by atoms with van der Waals surface area (Å²) in [6.07, 6.45) is 4.44. The van der Waals surface area contributed by atoms with Gasteiger partial charge in [0.15, 0.2) is 6.61 Å². The van der Waals surface area contributed by atoms with Crippen molar-refractivity contribution in [3.8, 4) is 5.75 Å². The molecule has 3 rings (SSSR count). The van der Waals surface area contributed by atoms with Crippen LogP contribution in [0.5, 0.6) is 5.75 Å². The van der Waals surface area contributed by atoms with E-state index < -0.39 is 0 Å². The Morgan fingerprint density at radius 3 is 3.17 bits per heavy atom. The lowest BCUT2D eigenvalue weighted by Gasteiger charge is -2.21. The third kappa shape index (κ3) is 2.58. The molecule has 0 saturated heterocycles. The van der Waals surface area contributed by atoms with Gasteiger partial charge in [-0.3, -0.25) is 4.79 Å². The second kappa shape index (κ2) is 4.88. The van der Waals surface area contributed by atoms with Crippen molar-refractivity contribution in [2.75, 3.05) is 18.5 Å². The number of hydrogen-bond donors (Lipinski definition) is 2. The lowest BCUT2D eigenvalue weighted by Crippen LogP contribution is -2.30. The molecule has 1 aromatic rings. The molecule has 0 unspecified atom stereocenters. The smallest absolute Gasteiger partial charge is 0.258 e. The molecule has 4 heteroatoms. The molecular formula is C14H18N2O2. The summed E-state index contributed by atoms with van der Waals surface area (Å²) in [5, 5.41) is 6.27. The highest BCUT2D eigenvalue weighted by Gasteiger charge is 2.23. The van der Waals surface area contributed by atoms with Crippen LogP contribution in [0.1, 0.15) is 24.8 Å². The van der Waals surface area contributed by atoms with Crippen LogP contribution >= 0.6 is 0 Å². The van der Waals surface area contributed by atoms with E-state index in [1.165, 1.54) is 5.56 Å². The van der Waals surface area contributed by atoms with Gasteiger partial charge in [0.25, 0.3) is 5.91 Å². The molecule has 0 radical (unpaired) electrons. The molecule has 0 atom stereocenters. The summed E-state index contributed by atoms with van der Waals surface area (Å²) in [5.74, 6) is 0.768. The Bertz CT molecular complexity index is 455. The van der Waals surface area contributed by atoms with Gasteiger partial charge in [-0.15, -0.1) is 0 Å². The van der Waals surface area contributed by atoms with Gasteiger partial charge in [-0.05, 0) is 37.3 Å². The van der Waals surface area contributed by atoms with Gasteiger partial charge in [-0.2, -0.15) is 0 Å². The van der Waals surface area contributed by atoms with Crippen molar-refractivity contribution in [1.82, 2.24) is 5.32 Å². The molecule has 0 spiro atoms. The number of carbonyl (C=O) groups is 1. The zero-order chi connectivity index (χ0) is 12.4. The lowest BCUT2D eigenvalue weighted by molar-refractivity contribution is -0.123. The van der Waals surface area contributed by atoms with Gasteiger partial charge >= 0.3 is 0 Å². The number of nitrogens with one attached hydrogen (secondary N) is 2. The van der Waals surface area contributed by atoms with E-state index >= 15 is 0 Å². The number of para-hydroxylation sites is 1. The van der Waals surface area contributed by atoms with Crippen LogP contribution in [0, 0.1) is 0 Å². The Morgan fingerprint density at radius 1 is 1.44 bits per heavy atom. The summed E-state index contributed by atoms with van der Waals surface area (Å²) < 4.78 is 5.62. The molecule has 2 aliphatic rings. The average Bonchev–Trinajstić information content (AvgIpc) is 3.20. The molecule has 1 fully saturated rings. The highest BCUT2D eigenvalue weighted by molar-refractivity contribution is 5.78. The highest BCUT2D eigenvalue weighted by atomic mass is 16.5. The fraction of sp³-hybridized carbons (Fsp3) is 0.500. The van der Waals surface area contributed by atoms with E-state index in [0.717, 1.165) is 43.7 Å². The fourth-order valence-electron chi connectivity index (χ4n) is 2.24. The van der Waals surface area contributed by atoms with E-state index in [1.807, 2.05) is 12.1 Å². The van der Waals surface area contributed by atoms with Crippen LogP contribution in [0.2, 0.25) is 0 Å². The SMILES string of the molecule is O=C(COc1cccc2c1NCCC2)NC1CC1. The normalized spacial score (nSPS) is 17.6. The van der Waals surface area contributed by atoms with Crippen LogP contribution in [-0.4, -0.2) is 25.1 Å². The highest BCUT2D eigenvalue weighted by Crippen LogP contribution is 2.31. The van der Waals surface area contributed by atoms with Crippen molar-refractivity contribution in [3.63, 3.8) is 0 Å². The molecular weight excluding hydrogens is 228 g/mol. The third-order valence-electron chi connectivity index (χ3n) is 3.34. The molecule has 2 N–H and O–H groups in total. The number of fused-ring (bicyclic) bond motifs is 1. The summed E-state index contributed by atoms with van der Waals surface area (Å²) in [6, 6.07) is 6.41. The van der Waals surface area contributed by atoms with Crippen molar-refractivity contribution in [2.45, 2.75) is 31.7 Å². The van der Waals surface area contributed by atoms with Crippen LogP contribution in [0.15, 0.2) is 18.2 Å². The molecule has 1 saturated carbocycles. The molecule has 1 aliphatic heterocycles. The Labute approximate surface area is 107 Å². The molecule has 96 valence electrons. The topological polar surface area (TPSA) is 50.4 Å². The predicted molar refractivity (Wildman–Crippen MR) is 69.9 cm³/mol. The number of anilines is 1. The van der Waals surface area contributed by atoms with E-state index in [4.69, 9.17) is 4.74 Å². The number of carbonyl (C=O) groups excluding carboxylic acids is 1. The summed E-state index contributed by atoms with van der Waals surface area (Å²) in [4.78, 5) is 11.6. The first-order valence-electron chi connectivity index (χ1n) is 6.61. The molecule has 1 heterocycles. The number of hydrogen-bond acceptors (Lipinski definition) is 3. The van der Waals surface area contributed by atoms with E-state index in [2.05, 4.69) is 16.7 Å². The van der Waals surface area contributed by atoms with Crippen LogP contribution in [0.4, 0.5) is 5.69 Å². The summed E-state index contributed by atoms with van der Waals surface area (Å²) in [7, 11) is 0. The summed E-state index contributed by atoms with van der Waals surface area (Å²) in [6.45, 7) is 1.08. The number of rotatable bonds is 4. The Morgan fingerprint density at radius 2 is 2.33 bits per heavy atom. The van der Waals surface area contributed by atoms with Crippen molar-refractivity contribution < 1.29 is 9.53 Å². The quantitative estimate of drug-likeness (QED) is 0.850. The maximum Gasteiger partial charge on any atom is 0.258 e. The van der Waals surface area contributed by atoms with Gasteiger partial charge < -0.3 is 15.4 Å². The van der Waals surface area contributed by atoms with Crippen LogP contribution in [0.25, 0.3) is 0 Å². The van der Waals surface area contributed by atoms with Crippen LogP contribution in [0.3, 0.4) is 0 Å². The fourth-order valence-corrected chi connectivity index (χ4v) is 2.24. The van der Waals surface area contributed by atoms with Gasteiger partial charge in [0.2, 0.25) is 0 Å². The van der Waals surface area contributed by atoms with Crippen molar-refractivity contribution in [3.05, 3.63) is 23.8 Å². The van der Waals surface area contributed by atoms with Gasteiger partial charge in [0.1, 0.15) is 5.75 Å². The number of ether oxygens (including phenoxy) is 1. The third-order valence-corrected chi connectivity index (χ3v) is 3.34. The van der Waals surface area contributed by atoms with Gasteiger partial charge in [-0.1, -0.05) is 12.1 Å². The van der Waals surface area contributed by atoms with Gasteiger partial charge in [0.05, 0.1) is 5.69 Å². The first kappa shape index (κ1) is 11.4. The van der Waals surface area contributed by atoms with Crippen molar-refractivity contribution in [1.29, 1.82) is 0 Å². The molecule has 1 amide bonds. The molecule has 0 aromatic heterocycles. The minimum atomic E-state index is -0.0223. The zero-order valence-corrected chi connectivity index (χ0v) is 10.4. The number of aryl methyl sites for hydroxylation is 1. The van der Waals surface area contributed by atoms with E-state index in [1.54, 1.807) is 0 Å². The van der Waals surface area contributed by atoms with Gasteiger partial charge in [-0.25, -0.2) is 0 Å².